The Hall–Kier alpha value is -1.02. The van der Waals surface area contributed by atoms with Crippen molar-refractivity contribution in [3.05, 3.63) is 29.8 Å². The minimum Gasteiger partial charge on any atom is -0.489 e. The van der Waals surface area contributed by atoms with Crippen LogP contribution in [0.25, 0.3) is 0 Å². The number of nitrogens with one attached hydrogen (secondary N) is 1. The van der Waals surface area contributed by atoms with Gasteiger partial charge in [0.15, 0.2) is 0 Å². The monoisotopic (exact) mass is 275 g/mol. The number of benzene rings is 1. The Bertz CT molecular complexity index is 429. The quantitative estimate of drug-likeness (QED) is 0.888. The lowest BCUT2D eigenvalue weighted by molar-refractivity contribution is 0.0506. The lowest BCUT2D eigenvalue weighted by Gasteiger charge is -2.39. The summed E-state index contributed by atoms with van der Waals surface area (Å²) < 4.78 is 6.35. The van der Waals surface area contributed by atoms with Gasteiger partial charge in [-0.25, -0.2) is 0 Å². The van der Waals surface area contributed by atoms with Crippen LogP contribution in [-0.4, -0.2) is 19.2 Å². The van der Waals surface area contributed by atoms with Gasteiger partial charge in [0.2, 0.25) is 0 Å². The van der Waals surface area contributed by atoms with E-state index in [4.69, 9.17) is 4.74 Å². The molecule has 1 N–H and O–H groups in total. The zero-order valence-electron chi connectivity index (χ0n) is 13.5. The zero-order valence-corrected chi connectivity index (χ0v) is 13.5. The molecule has 1 aromatic carbocycles. The smallest absolute Gasteiger partial charge is 0.120 e. The molecule has 2 heteroatoms. The first-order valence-corrected chi connectivity index (χ1v) is 7.95. The van der Waals surface area contributed by atoms with Crippen LogP contribution < -0.4 is 10.1 Å². The maximum Gasteiger partial charge on any atom is 0.120 e. The normalized spacial score (nSPS) is 30.5. The molecule has 2 nitrogen and oxygen atoms in total. The molecule has 1 aliphatic carbocycles. The van der Waals surface area contributed by atoms with Crippen LogP contribution in [0.5, 0.6) is 5.75 Å². The van der Waals surface area contributed by atoms with Crippen molar-refractivity contribution in [2.45, 2.75) is 58.6 Å². The second-order valence-electron chi connectivity index (χ2n) is 6.76. The Morgan fingerprint density at radius 3 is 2.60 bits per heavy atom. The van der Waals surface area contributed by atoms with Gasteiger partial charge in [-0.2, -0.15) is 0 Å². The van der Waals surface area contributed by atoms with Crippen molar-refractivity contribution >= 4 is 0 Å². The molecule has 0 heterocycles. The average Bonchev–Trinajstić information content (AvgIpc) is 2.41. The summed E-state index contributed by atoms with van der Waals surface area (Å²) in [7, 11) is 2.05. The van der Waals surface area contributed by atoms with Gasteiger partial charge in [0, 0.05) is 6.04 Å². The topological polar surface area (TPSA) is 21.3 Å². The molecule has 1 saturated carbocycles. The predicted molar refractivity (Wildman–Crippen MR) is 85.4 cm³/mol. The molecular formula is C18H29NO. The summed E-state index contributed by atoms with van der Waals surface area (Å²) in [5.41, 5.74) is 1.35. The van der Waals surface area contributed by atoms with Gasteiger partial charge < -0.3 is 10.1 Å². The van der Waals surface area contributed by atoms with Gasteiger partial charge in [-0.1, -0.05) is 39.8 Å². The third-order valence-electron chi connectivity index (χ3n) is 4.56. The highest BCUT2D eigenvalue weighted by Crippen LogP contribution is 2.32. The average molecular weight is 275 g/mol. The summed E-state index contributed by atoms with van der Waals surface area (Å²) in [5, 5.41) is 3.45. The lowest BCUT2D eigenvalue weighted by Crippen LogP contribution is -2.49. The Morgan fingerprint density at radius 2 is 1.95 bits per heavy atom. The van der Waals surface area contributed by atoms with E-state index in [1.54, 1.807) is 0 Å². The van der Waals surface area contributed by atoms with Gasteiger partial charge in [-0.05, 0) is 55.3 Å². The summed E-state index contributed by atoms with van der Waals surface area (Å²) in [6, 6.07) is 9.02. The Labute approximate surface area is 123 Å². The molecule has 0 aromatic heterocycles. The van der Waals surface area contributed by atoms with Crippen molar-refractivity contribution < 1.29 is 4.74 Å². The van der Waals surface area contributed by atoms with Crippen molar-refractivity contribution in [1.29, 1.82) is 0 Å². The highest BCUT2D eigenvalue weighted by molar-refractivity contribution is 5.30. The van der Waals surface area contributed by atoms with Crippen LogP contribution in [0.1, 0.15) is 52.0 Å². The molecule has 0 amide bonds. The molecule has 0 spiro atoms. The minimum atomic E-state index is 0.276. The maximum absolute atomic E-state index is 6.35. The zero-order chi connectivity index (χ0) is 14.7. The van der Waals surface area contributed by atoms with Gasteiger partial charge in [0.25, 0.3) is 0 Å². The SMILES string of the molecule is CNC1CC(C)CC(C)C1Oc1cccc(C(C)C)c1. The fraction of sp³-hybridized carbons (Fsp3) is 0.667. The second-order valence-corrected chi connectivity index (χ2v) is 6.76. The third kappa shape index (κ3) is 3.54. The molecule has 1 fully saturated rings. The van der Waals surface area contributed by atoms with Crippen molar-refractivity contribution in [1.82, 2.24) is 5.32 Å². The van der Waals surface area contributed by atoms with Gasteiger partial charge in [-0.3, -0.25) is 0 Å². The van der Waals surface area contributed by atoms with Gasteiger partial charge in [0.1, 0.15) is 11.9 Å². The first-order valence-electron chi connectivity index (χ1n) is 7.95. The van der Waals surface area contributed by atoms with Crippen LogP contribution in [0.15, 0.2) is 24.3 Å². The van der Waals surface area contributed by atoms with Crippen LogP contribution in [0, 0.1) is 11.8 Å². The highest BCUT2D eigenvalue weighted by atomic mass is 16.5. The summed E-state index contributed by atoms with van der Waals surface area (Å²) >= 11 is 0. The lowest BCUT2D eigenvalue weighted by atomic mass is 9.78. The first kappa shape index (κ1) is 15.4. The van der Waals surface area contributed by atoms with Crippen LogP contribution in [0.3, 0.4) is 0 Å². The minimum absolute atomic E-state index is 0.276. The van der Waals surface area contributed by atoms with Crippen LogP contribution in [-0.2, 0) is 0 Å². The molecule has 0 aliphatic heterocycles. The summed E-state index contributed by atoms with van der Waals surface area (Å²) in [6.45, 7) is 9.11. The summed E-state index contributed by atoms with van der Waals surface area (Å²) in [6.07, 6.45) is 2.74. The van der Waals surface area contributed by atoms with E-state index < -0.39 is 0 Å². The van der Waals surface area contributed by atoms with Crippen molar-refractivity contribution in [3.63, 3.8) is 0 Å². The van der Waals surface area contributed by atoms with Gasteiger partial charge in [0.05, 0.1) is 0 Å². The van der Waals surface area contributed by atoms with E-state index in [0.29, 0.717) is 17.9 Å². The predicted octanol–water partition coefficient (Wildman–Crippen LogP) is 4.21. The molecular weight excluding hydrogens is 246 g/mol. The maximum atomic E-state index is 6.35. The number of rotatable bonds is 4. The molecule has 0 saturated heterocycles. The van der Waals surface area contributed by atoms with Crippen LogP contribution >= 0.6 is 0 Å². The number of hydrogen-bond donors (Lipinski definition) is 1. The van der Waals surface area contributed by atoms with E-state index in [1.807, 2.05) is 0 Å². The molecule has 0 bridgehead atoms. The van der Waals surface area contributed by atoms with E-state index in [9.17, 15) is 0 Å². The van der Waals surface area contributed by atoms with E-state index in [1.165, 1.54) is 18.4 Å². The fourth-order valence-corrected chi connectivity index (χ4v) is 3.41. The van der Waals surface area contributed by atoms with E-state index in [2.05, 4.69) is 64.3 Å². The molecule has 4 unspecified atom stereocenters. The molecule has 0 radical (unpaired) electrons. The summed E-state index contributed by atoms with van der Waals surface area (Å²) in [5.74, 6) is 2.94. The number of hydrogen-bond acceptors (Lipinski definition) is 2. The van der Waals surface area contributed by atoms with E-state index >= 15 is 0 Å². The van der Waals surface area contributed by atoms with E-state index in [0.717, 1.165) is 11.7 Å². The number of ether oxygens (including phenoxy) is 1. The highest BCUT2D eigenvalue weighted by Gasteiger charge is 2.34. The molecule has 4 atom stereocenters. The van der Waals surface area contributed by atoms with Crippen LogP contribution in [0.2, 0.25) is 0 Å². The molecule has 20 heavy (non-hydrogen) atoms. The molecule has 1 aromatic rings. The summed E-state index contributed by atoms with van der Waals surface area (Å²) in [4.78, 5) is 0. The van der Waals surface area contributed by atoms with Gasteiger partial charge >= 0.3 is 0 Å². The number of likely N-dealkylation sites (N-methyl/N-ethyl adjacent to an activating group) is 1. The van der Waals surface area contributed by atoms with E-state index in [-0.39, 0.29) is 6.10 Å². The van der Waals surface area contributed by atoms with Crippen molar-refractivity contribution in [2.24, 2.45) is 11.8 Å². The largest absolute Gasteiger partial charge is 0.489 e. The fourth-order valence-electron chi connectivity index (χ4n) is 3.41. The van der Waals surface area contributed by atoms with Crippen LogP contribution in [0.4, 0.5) is 0 Å². The third-order valence-corrected chi connectivity index (χ3v) is 4.56. The second kappa shape index (κ2) is 6.62. The Kier molecular flexibility index (Phi) is 5.09. The molecule has 112 valence electrons. The Balaban J connectivity index is 2.12. The first-order chi connectivity index (χ1) is 9.51. The molecule has 2 rings (SSSR count). The standard InChI is InChI=1S/C18H29NO/c1-12(2)15-7-6-8-16(11-15)20-18-14(4)9-13(3)10-17(18)19-5/h6-8,11-14,17-19H,9-10H2,1-5H3. The van der Waals surface area contributed by atoms with Gasteiger partial charge in [-0.15, -0.1) is 0 Å². The van der Waals surface area contributed by atoms with Crippen molar-refractivity contribution in [2.75, 3.05) is 7.05 Å². The van der Waals surface area contributed by atoms with Crippen molar-refractivity contribution in [3.8, 4) is 5.75 Å². The Morgan fingerprint density at radius 1 is 1.20 bits per heavy atom. The molecule has 1 aliphatic rings.